The first-order valence-corrected chi connectivity index (χ1v) is 9.15. The number of rotatable bonds is 5. The molecule has 2 fully saturated rings. The van der Waals surface area contributed by atoms with Crippen LogP contribution in [0, 0.1) is 17.8 Å². The summed E-state index contributed by atoms with van der Waals surface area (Å²) in [6, 6.07) is 0. The molecule has 0 aliphatic heterocycles. The van der Waals surface area contributed by atoms with Crippen molar-refractivity contribution >= 4 is 11.9 Å². The SMILES string of the molecule is CC(C)(OC(=O)C(O)(C(F)(F)F)C(F)(F)F)C(=O)OC(C)(C)C1CC2CCC1C2. The molecule has 0 heterocycles. The van der Waals surface area contributed by atoms with Gasteiger partial charge in [0.25, 0.3) is 0 Å². The number of ether oxygens (including phenoxy) is 2. The van der Waals surface area contributed by atoms with Crippen molar-refractivity contribution in [2.45, 2.75) is 82.5 Å². The predicted octanol–water partition coefficient (Wildman–Crippen LogP) is 3.92. The molecule has 0 saturated heterocycles. The molecule has 0 amide bonds. The minimum atomic E-state index is -6.40. The molecule has 11 heteroatoms. The van der Waals surface area contributed by atoms with Crippen molar-refractivity contribution in [1.82, 2.24) is 0 Å². The smallest absolute Gasteiger partial charge is 0.437 e. The lowest BCUT2D eigenvalue weighted by Crippen LogP contribution is -2.64. The molecule has 5 nitrogen and oxygen atoms in total. The van der Waals surface area contributed by atoms with Crippen molar-refractivity contribution in [3.63, 3.8) is 0 Å². The largest absolute Gasteiger partial charge is 0.456 e. The maximum absolute atomic E-state index is 12.8. The predicted molar refractivity (Wildman–Crippen MR) is 86.3 cm³/mol. The molecule has 2 rings (SSSR count). The van der Waals surface area contributed by atoms with Crippen molar-refractivity contribution < 1.29 is 50.5 Å². The Morgan fingerprint density at radius 2 is 1.34 bits per heavy atom. The third kappa shape index (κ3) is 4.20. The standard InChI is InChI=1S/C18H24F6O5/c1-14(2,11-8-9-5-6-10(11)7-9)28-12(25)15(3,4)29-13(26)16(27,17(19,20)21)18(22,23)24/h9-11,27H,5-8H2,1-4H3. The maximum atomic E-state index is 12.8. The van der Waals surface area contributed by atoms with Crippen LogP contribution in [0.1, 0.15) is 53.4 Å². The van der Waals surface area contributed by atoms with Gasteiger partial charge in [-0.25, -0.2) is 9.59 Å². The summed E-state index contributed by atoms with van der Waals surface area (Å²) >= 11 is 0. The summed E-state index contributed by atoms with van der Waals surface area (Å²) in [4.78, 5) is 24.1. The van der Waals surface area contributed by atoms with Gasteiger partial charge in [0.15, 0.2) is 0 Å². The summed E-state index contributed by atoms with van der Waals surface area (Å²) in [5.41, 5.74) is -9.31. The average molecular weight is 434 g/mol. The van der Waals surface area contributed by atoms with Gasteiger partial charge >= 0.3 is 29.9 Å². The Kier molecular flexibility index (Phi) is 5.75. The molecule has 0 radical (unpaired) electrons. The number of hydrogen-bond donors (Lipinski definition) is 1. The molecule has 2 aliphatic rings. The minimum Gasteiger partial charge on any atom is -0.456 e. The van der Waals surface area contributed by atoms with E-state index in [2.05, 4.69) is 4.74 Å². The van der Waals surface area contributed by atoms with Gasteiger partial charge in [-0.1, -0.05) is 6.42 Å². The first-order valence-electron chi connectivity index (χ1n) is 9.15. The fraction of sp³-hybridized carbons (Fsp3) is 0.889. The topological polar surface area (TPSA) is 72.8 Å². The number of esters is 2. The summed E-state index contributed by atoms with van der Waals surface area (Å²) in [5, 5.41) is 9.10. The van der Waals surface area contributed by atoms with Crippen LogP contribution in [-0.4, -0.2) is 46.2 Å². The van der Waals surface area contributed by atoms with Crippen LogP contribution in [0.25, 0.3) is 0 Å². The zero-order chi connectivity index (χ0) is 22.6. The highest BCUT2D eigenvalue weighted by molar-refractivity contribution is 5.87. The average Bonchev–Trinajstić information content (AvgIpc) is 3.14. The van der Waals surface area contributed by atoms with E-state index < -0.39 is 41.1 Å². The molecule has 2 aliphatic carbocycles. The summed E-state index contributed by atoms with van der Waals surface area (Å²) in [6.45, 7) is 4.82. The number of alkyl halides is 6. The van der Waals surface area contributed by atoms with Gasteiger partial charge in [-0.15, -0.1) is 0 Å². The number of fused-ring (bicyclic) bond motifs is 2. The second kappa shape index (κ2) is 7.02. The number of aliphatic hydroxyl groups is 1. The lowest BCUT2D eigenvalue weighted by atomic mass is 9.78. The van der Waals surface area contributed by atoms with Crippen LogP contribution in [0.4, 0.5) is 26.3 Å². The highest BCUT2D eigenvalue weighted by Gasteiger charge is 2.77. The molecule has 3 unspecified atom stereocenters. The van der Waals surface area contributed by atoms with Gasteiger partial charge in [0.1, 0.15) is 5.60 Å². The van der Waals surface area contributed by atoms with E-state index in [1.165, 1.54) is 0 Å². The number of carbonyl (C=O) groups excluding carboxylic acids is 2. The Morgan fingerprint density at radius 1 is 0.828 bits per heavy atom. The summed E-state index contributed by atoms with van der Waals surface area (Å²) in [5.74, 6) is -3.54. The van der Waals surface area contributed by atoms with Crippen LogP contribution in [-0.2, 0) is 19.1 Å². The van der Waals surface area contributed by atoms with Gasteiger partial charge in [0, 0.05) is 5.92 Å². The Balaban J connectivity index is 2.15. The van der Waals surface area contributed by atoms with Crippen molar-refractivity contribution in [3.8, 4) is 0 Å². The van der Waals surface area contributed by atoms with Crippen LogP contribution in [0.15, 0.2) is 0 Å². The highest BCUT2D eigenvalue weighted by atomic mass is 19.4. The van der Waals surface area contributed by atoms with Gasteiger partial charge in [0.05, 0.1) is 0 Å². The third-order valence-corrected chi connectivity index (χ3v) is 5.94. The number of halogens is 6. The van der Waals surface area contributed by atoms with E-state index in [0.717, 1.165) is 39.5 Å². The normalized spacial score (nSPS) is 25.8. The molecule has 0 aromatic carbocycles. The van der Waals surface area contributed by atoms with Crippen LogP contribution >= 0.6 is 0 Å². The molecule has 0 aromatic rings. The quantitative estimate of drug-likeness (QED) is 0.525. The summed E-state index contributed by atoms with van der Waals surface area (Å²) in [7, 11) is 0. The maximum Gasteiger partial charge on any atom is 0.437 e. The monoisotopic (exact) mass is 434 g/mol. The van der Waals surface area contributed by atoms with E-state index in [0.29, 0.717) is 11.8 Å². The second-order valence-electron chi connectivity index (χ2n) is 8.88. The molecular formula is C18H24F6O5. The van der Waals surface area contributed by atoms with E-state index in [1.54, 1.807) is 13.8 Å². The van der Waals surface area contributed by atoms with E-state index in [4.69, 9.17) is 9.84 Å². The Labute approximate surface area is 163 Å². The van der Waals surface area contributed by atoms with Crippen molar-refractivity contribution in [2.75, 3.05) is 0 Å². The van der Waals surface area contributed by atoms with Crippen molar-refractivity contribution in [3.05, 3.63) is 0 Å². The van der Waals surface area contributed by atoms with E-state index in [9.17, 15) is 35.9 Å². The van der Waals surface area contributed by atoms with Gasteiger partial charge in [-0.2, -0.15) is 26.3 Å². The molecule has 1 N–H and O–H groups in total. The van der Waals surface area contributed by atoms with Crippen molar-refractivity contribution in [1.29, 1.82) is 0 Å². The lowest BCUT2D eigenvalue weighted by Gasteiger charge is -2.39. The molecule has 29 heavy (non-hydrogen) atoms. The Morgan fingerprint density at radius 3 is 1.72 bits per heavy atom. The molecule has 168 valence electrons. The number of carbonyl (C=O) groups is 2. The Bertz CT molecular complexity index is 653. The summed E-state index contributed by atoms with van der Waals surface area (Å²) < 4.78 is 86.4. The molecular weight excluding hydrogens is 410 g/mol. The lowest BCUT2D eigenvalue weighted by molar-refractivity contribution is -0.358. The van der Waals surface area contributed by atoms with Crippen LogP contribution in [0.5, 0.6) is 0 Å². The zero-order valence-corrected chi connectivity index (χ0v) is 16.4. The molecule has 2 bridgehead atoms. The zero-order valence-electron chi connectivity index (χ0n) is 16.4. The second-order valence-corrected chi connectivity index (χ2v) is 8.88. The van der Waals surface area contributed by atoms with E-state index in [1.807, 2.05) is 0 Å². The molecule has 3 atom stereocenters. The fourth-order valence-corrected chi connectivity index (χ4v) is 4.27. The first kappa shape index (κ1) is 23.8. The fourth-order valence-electron chi connectivity index (χ4n) is 4.27. The van der Waals surface area contributed by atoms with E-state index in [-0.39, 0.29) is 5.92 Å². The Hall–Kier alpha value is -1.52. The van der Waals surface area contributed by atoms with Gasteiger partial charge < -0.3 is 14.6 Å². The first-order chi connectivity index (χ1) is 12.8. The third-order valence-electron chi connectivity index (χ3n) is 5.94. The van der Waals surface area contributed by atoms with Crippen LogP contribution < -0.4 is 0 Å². The van der Waals surface area contributed by atoms with E-state index >= 15 is 0 Å². The van der Waals surface area contributed by atoms with Gasteiger partial charge in [-0.05, 0) is 58.8 Å². The van der Waals surface area contributed by atoms with Gasteiger partial charge in [-0.3, -0.25) is 0 Å². The molecule has 2 saturated carbocycles. The van der Waals surface area contributed by atoms with Gasteiger partial charge in [0.2, 0.25) is 5.60 Å². The minimum absolute atomic E-state index is 0.0148. The van der Waals surface area contributed by atoms with Crippen LogP contribution in [0.3, 0.4) is 0 Å². The van der Waals surface area contributed by atoms with Crippen LogP contribution in [0.2, 0.25) is 0 Å². The molecule has 0 spiro atoms. The van der Waals surface area contributed by atoms with Crippen molar-refractivity contribution in [2.24, 2.45) is 17.8 Å². The summed E-state index contributed by atoms with van der Waals surface area (Å²) in [6.07, 6.45) is -8.99. The molecule has 0 aromatic heterocycles. The highest BCUT2D eigenvalue weighted by Crippen LogP contribution is 2.53. The number of hydrogen-bond acceptors (Lipinski definition) is 5.